The summed E-state index contributed by atoms with van der Waals surface area (Å²) in [6, 6.07) is -12.0. The number of hydrogen-bond acceptors (Lipinski definition) is 13. The minimum Gasteiger partial charge on any atom is -0.481 e. The summed E-state index contributed by atoms with van der Waals surface area (Å²) in [4.78, 5) is 151. The number of esters is 1. The molecule has 1 heterocycles. The van der Waals surface area contributed by atoms with Crippen LogP contribution in [0, 0.1) is 29.6 Å². The van der Waals surface area contributed by atoms with Crippen LogP contribution in [0.5, 0.6) is 0 Å². The number of ether oxygens (including phenoxy) is 1. The molecule has 0 spiro atoms. The van der Waals surface area contributed by atoms with Crippen molar-refractivity contribution < 1.29 is 67.7 Å². The van der Waals surface area contributed by atoms with Crippen molar-refractivity contribution >= 4 is 65.1 Å². The first-order chi connectivity index (χ1) is 35.4. The number of carboxylic acid groups (broad SMARTS) is 1. The van der Waals surface area contributed by atoms with E-state index in [-0.39, 0.29) is 81.0 Å². The maximum Gasteiger partial charge on any atom is 0.328 e. The molecule has 12 N–H and O–H groups in total. The third kappa shape index (κ3) is 27.3. The van der Waals surface area contributed by atoms with E-state index in [0.717, 1.165) is 25.7 Å². The third-order valence-corrected chi connectivity index (χ3v) is 12.4. The Morgan fingerprint density at radius 2 is 1.03 bits per heavy atom. The smallest absolute Gasteiger partial charge is 0.328 e. The highest BCUT2D eigenvalue weighted by atomic mass is 16.5. The highest BCUT2D eigenvalue weighted by Crippen LogP contribution is 2.17. The van der Waals surface area contributed by atoms with Gasteiger partial charge >= 0.3 is 11.9 Å². The normalized spacial score (nSPS) is 22.7. The Morgan fingerprint density at radius 3 is 1.49 bits per heavy atom. The summed E-state index contributed by atoms with van der Waals surface area (Å²) in [5.41, 5.74) is 5.44. The summed E-state index contributed by atoms with van der Waals surface area (Å²) in [7, 11) is 0. The van der Waals surface area contributed by atoms with Crippen molar-refractivity contribution in [1.82, 2.24) is 42.5 Å². The molecule has 0 aromatic heterocycles. The molecule has 1 fully saturated rings. The first-order valence-corrected chi connectivity index (χ1v) is 27.2. The summed E-state index contributed by atoms with van der Waals surface area (Å²) in [6.45, 7) is 21.0. The van der Waals surface area contributed by atoms with Gasteiger partial charge in [-0.2, -0.15) is 0 Å². The Labute approximate surface area is 449 Å². The van der Waals surface area contributed by atoms with E-state index in [1.54, 1.807) is 69.2 Å². The molecule has 23 heteroatoms. The average molecular weight is 1080 g/mol. The van der Waals surface area contributed by atoms with Crippen LogP contribution in [0.1, 0.15) is 179 Å². The minimum absolute atomic E-state index is 0.0210. The van der Waals surface area contributed by atoms with Crippen LogP contribution in [-0.4, -0.2) is 136 Å². The summed E-state index contributed by atoms with van der Waals surface area (Å²) in [6.07, 6.45) is 0.565. The average Bonchev–Trinajstić information content (AvgIpc) is 3.28. The number of aliphatic hydroxyl groups excluding tert-OH is 1. The quantitative estimate of drug-likeness (QED) is 0.0394. The molecule has 9 amide bonds. The summed E-state index contributed by atoms with van der Waals surface area (Å²) in [5, 5.41) is 41.1. The van der Waals surface area contributed by atoms with Gasteiger partial charge in [0.1, 0.15) is 54.4 Å². The highest BCUT2D eigenvalue weighted by Gasteiger charge is 2.40. The number of carboxylic acids is 1. The maximum atomic E-state index is 14.6. The van der Waals surface area contributed by atoms with E-state index in [4.69, 9.17) is 10.5 Å². The topological polar surface area (TPSA) is 360 Å². The van der Waals surface area contributed by atoms with E-state index in [9.17, 15) is 63.0 Å². The zero-order valence-corrected chi connectivity index (χ0v) is 47.1. The Bertz CT molecular complexity index is 1950. The number of aliphatic hydroxyl groups is 1. The number of carbonyl (C=O) groups is 11. The van der Waals surface area contributed by atoms with Gasteiger partial charge < -0.3 is 63.2 Å². The first-order valence-electron chi connectivity index (χ1n) is 27.2. The fourth-order valence-electron chi connectivity index (χ4n) is 8.60. The highest BCUT2D eigenvalue weighted by molar-refractivity contribution is 5.99. The summed E-state index contributed by atoms with van der Waals surface area (Å²) < 4.78 is 5.84. The van der Waals surface area contributed by atoms with Gasteiger partial charge in [0.25, 0.3) is 0 Å². The molecule has 0 saturated carbocycles. The number of amides is 9. The van der Waals surface area contributed by atoms with Gasteiger partial charge in [-0.1, -0.05) is 108 Å². The number of nitrogens with two attached hydrogens (primary N) is 1. The van der Waals surface area contributed by atoms with Crippen molar-refractivity contribution in [1.29, 1.82) is 0 Å². The van der Waals surface area contributed by atoms with Crippen LogP contribution in [0.15, 0.2) is 0 Å². The molecule has 0 unspecified atom stereocenters. The van der Waals surface area contributed by atoms with Gasteiger partial charge in [0.05, 0.1) is 18.9 Å². The fraction of sp³-hybridized carbons (Fsp3) is 0.792. The van der Waals surface area contributed by atoms with E-state index < -0.39 is 132 Å². The molecule has 434 valence electrons. The van der Waals surface area contributed by atoms with Crippen molar-refractivity contribution in [3.63, 3.8) is 0 Å². The van der Waals surface area contributed by atoms with E-state index in [0.29, 0.717) is 12.8 Å². The van der Waals surface area contributed by atoms with Crippen LogP contribution in [0.4, 0.5) is 0 Å². The molecule has 0 aliphatic carbocycles. The van der Waals surface area contributed by atoms with Crippen LogP contribution in [0.2, 0.25) is 0 Å². The van der Waals surface area contributed by atoms with Crippen LogP contribution in [0.3, 0.4) is 0 Å². The lowest BCUT2D eigenvalue weighted by Crippen LogP contribution is -2.62. The lowest BCUT2D eigenvalue weighted by molar-refractivity contribution is -0.156. The van der Waals surface area contributed by atoms with E-state index in [1.165, 1.54) is 6.92 Å². The number of cyclic esters (lactones) is 1. The van der Waals surface area contributed by atoms with Crippen LogP contribution in [0.25, 0.3) is 0 Å². The molecule has 0 radical (unpaired) electrons. The van der Waals surface area contributed by atoms with E-state index in [2.05, 4.69) is 49.5 Å². The number of nitrogens with one attached hydrogen (secondary N) is 8. The Hall–Kier alpha value is -5.87. The van der Waals surface area contributed by atoms with Crippen molar-refractivity contribution in [2.45, 2.75) is 240 Å². The monoisotopic (exact) mass is 1080 g/mol. The zero-order valence-electron chi connectivity index (χ0n) is 47.1. The molecular weight excluding hydrogens is 987 g/mol. The fourth-order valence-corrected chi connectivity index (χ4v) is 8.60. The largest absolute Gasteiger partial charge is 0.481 e. The van der Waals surface area contributed by atoms with Gasteiger partial charge in [-0.15, -0.1) is 0 Å². The predicted octanol–water partition coefficient (Wildman–Crippen LogP) is 1.89. The standard InChI is InChI=1S/C53H93N9O14/c1-13-14-15-16-17-18-34(63)26-43(65)55-36(21-28(2)3)47(69)59-40(27-44(66)67)51(73)62-45-33(12)76-53(75)41(25-32(10)11)61-50(72)38(23-30(6)7)57-46(68)35(19-20-42(54)64)56-48(70)37(22-29(4)5)58-49(71)39(24-31(8)9)60-52(45)74/h28-41,45,63H,13-27H2,1-12H3,(H2,54,64)(H,55,65)(H,56,70)(H,57,68)(H,58,71)(H,59,69)(H,60,74)(H,61,72)(H,62,73)(H,66,67)/t33-,34+,35-,36-,37-,38+,39+,40-,41+,45+/m0/s1. The van der Waals surface area contributed by atoms with Gasteiger partial charge in [0.2, 0.25) is 53.2 Å². The molecule has 1 rings (SSSR count). The van der Waals surface area contributed by atoms with E-state index >= 15 is 0 Å². The minimum atomic E-state index is -1.91. The molecule has 0 aromatic rings. The molecule has 1 aliphatic heterocycles. The van der Waals surface area contributed by atoms with Gasteiger partial charge in [-0.05, 0) is 81.5 Å². The second-order valence-corrected chi connectivity index (χ2v) is 22.4. The molecule has 1 aliphatic rings. The van der Waals surface area contributed by atoms with Gasteiger partial charge in [-0.25, -0.2) is 4.79 Å². The summed E-state index contributed by atoms with van der Waals surface area (Å²) >= 11 is 0. The second-order valence-electron chi connectivity index (χ2n) is 22.4. The summed E-state index contributed by atoms with van der Waals surface area (Å²) in [5.74, 6) is -11.8. The second kappa shape index (κ2) is 34.7. The lowest BCUT2D eigenvalue weighted by Gasteiger charge is -2.31. The van der Waals surface area contributed by atoms with E-state index in [1.807, 2.05) is 0 Å². The first kappa shape index (κ1) is 68.1. The van der Waals surface area contributed by atoms with Crippen molar-refractivity contribution in [3.8, 4) is 0 Å². The predicted molar refractivity (Wildman–Crippen MR) is 283 cm³/mol. The number of rotatable bonds is 28. The SMILES string of the molecule is CCCCCCC[C@@H](O)CC(=O)N[C@@H](CC(C)C)C(=O)N[C@@H](CC(=O)O)C(=O)N[C@H]1C(=O)N[C@H](CC(C)C)C(=O)N[C@@H](CC(C)C)C(=O)N[C@@H](CCC(N)=O)C(=O)N[C@H](CC(C)C)C(=O)N[C@H](CC(C)C)C(=O)O[C@H]1C. The van der Waals surface area contributed by atoms with Crippen LogP contribution < -0.4 is 48.3 Å². The van der Waals surface area contributed by atoms with Crippen molar-refractivity contribution in [2.75, 3.05) is 0 Å². The number of hydrogen-bond donors (Lipinski definition) is 11. The Kier molecular flexibility index (Phi) is 31.1. The molecule has 0 aromatic carbocycles. The molecular formula is C53H93N9O14. The molecule has 0 bridgehead atoms. The zero-order chi connectivity index (χ0) is 58.0. The Morgan fingerprint density at radius 1 is 0.579 bits per heavy atom. The lowest BCUT2D eigenvalue weighted by atomic mass is 9.98. The molecule has 1 saturated heterocycles. The van der Waals surface area contributed by atoms with Crippen LogP contribution >= 0.6 is 0 Å². The molecule has 23 nitrogen and oxygen atoms in total. The molecule has 76 heavy (non-hydrogen) atoms. The third-order valence-electron chi connectivity index (χ3n) is 12.4. The maximum absolute atomic E-state index is 14.6. The van der Waals surface area contributed by atoms with Crippen molar-refractivity contribution in [3.05, 3.63) is 0 Å². The van der Waals surface area contributed by atoms with Gasteiger partial charge in [0.15, 0.2) is 0 Å². The number of aliphatic carboxylic acids is 1. The number of unbranched alkanes of at least 4 members (excludes halogenated alkanes) is 4. The molecule has 10 atom stereocenters. The van der Waals surface area contributed by atoms with Crippen molar-refractivity contribution in [2.24, 2.45) is 35.3 Å². The Balaban J connectivity index is 3.95. The number of carbonyl (C=O) groups excluding carboxylic acids is 10. The number of primary amides is 1. The van der Waals surface area contributed by atoms with Gasteiger partial charge in [0, 0.05) is 6.42 Å². The van der Waals surface area contributed by atoms with Crippen LogP contribution in [-0.2, 0) is 57.5 Å². The van der Waals surface area contributed by atoms with Gasteiger partial charge in [-0.3, -0.25) is 47.9 Å².